The van der Waals surface area contributed by atoms with Crippen LogP contribution in [0.5, 0.6) is 0 Å². The first-order valence-corrected chi connectivity index (χ1v) is 11.9. The van der Waals surface area contributed by atoms with Crippen LogP contribution < -0.4 is 5.73 Å². The number of halogens is 1. The highest BCUT2D eigenvalue weighted by molar-refractivity contribution is 5.95. The maximum absolute atomic E-state index is 15.3. The number of fused-ring (bicyclic) bond motifs is 1. The highest BCUT2D eigenvalue weighted by Gasteiger charge is 2.32. The molecule has 4 heterocycles. The lowest BCUT2D eigenvalue weighted by atomic mass is 9.96. The fraction of sp³-hybridized carbons (Fsp3) is 0.385. The number of nitrogens with two attached hydrogens (primary N) is 1. The number of hydrogen-bond acceptors (Lipinski definition) is 6. The third kappa shape index (κ3) is 4.25. The SMILES string of the molecule is CCc1ncnc(-c2ccc(C(=O)N3CCN4CCCCC4C3)c(F)c2)c1-c1ccc(N)nc1. The van der Waals surface area contributed by atoms with Crippen molar-refractivity contribution >= 4 is 11.7 Å². The number of nitrogen functional groups attached to an aromatic ring is 1. The van der Waals surface area contributed by atoms with E-state index in [1.54, 1.807) is 29.3 Å². The summed E-state index contributed by atoms with van der Waals surface area (Å²) in [6, 6.07) is 8.73. The average molecular weight is 461 g/mol. The van der Waals surface area contributed by atoms with Gasteiger partial charge in [0.15, 0.2) is 0 Å². The number of hydrogen-bond donors (Lipinski definition) is 1. The first-order valence-electron chi connectivity index (χ1n) is 11.9. The Morgan fingerprint density at radius 1 is 1.09 bits per heavy atom. The van der Waals surface area contributed by atoms with Crippen molar-refractivity contribution in [2.45, 2.75) is 38.6 Å². The Hall–Kier alpha value is -3.39. The number of carbonyl (C=O) groups is 1. The van der Waals surface area contributed by atoms with Gasteiger partial charge >= 0.3 is 0 Å². The Bertz CT molecular complexity index is 1200. The molecule has 7 nitrogen and oxygen atoms in total. The topological polar surface area (TPSA) is 88.2 Å². The molecule has 0 spiro atoms. The van der Waals surface area contributed by atoms with Crippen molar-refractivity contribution in [3.8, 4) is 22.4 Å². The highest BCUT2D eigenvalue weighted by atomic mass is 19.1. The predicted molar refractivity (Wildman–Crippen MR) is 130 cm³/mol. The normalized spacial score (nSPS) is 18.5. The summed E-state index contributed by atoms with van der Waals surface area (Å²) in [4.78, 5) is 30.5. The van der Waals surface area contributed by atoms with Crippen LogP contribution in [0.15, 0.2) is 42.9 Å². The summed E-state index contributed by atoms with van der Waals surface area (Å²) in [7, 11) is 0. The Morgan fingerprint density at radius 3 is 2.71 bits per heavy atom. The summed E-state index contributed by atoms with van der Waals surface area (Å²) >= 11 is 0. The minimum Gasteiger partial charge on any atom is -0.384 e. The van der Waals surface area contributed by atoms with E-state index in [4.69, 9.17) is 5.73 Å². The van der Waals surface area contributed by atoms with E-state index in [2.05, 4.69) is 19.9 Å². The first kappa shape index (κ1) is 22.4. The van der Waals surface area contributed by atoms with E-state index in [1.807, 2.05) is 13.0 Å². The van der Waals surface area contributed by atoms with Gasteiger partial charge in [-0.25, -0.2) is 19.3 Å². The second-order valence-electron chi connectivity index (χ2n) is 9.00. The third-order valence-electron chi connectivity index (χ3n) is 6.93. The molecule has 1 unspecified atom stereocenters. The van der Waals surface area contributed by atoms with Crippen LogP contribution in [0.25, 0.3) is 22.4 Å². The lowest BCUT2D eigenvalue weighted by Gasteiger charge is -2.44. The lowest BCUT2D eigenvalue weighted by Crippen LogP contribution is -2.56. The van der Waals surface area contributed by atoms with Crippen LogP contribution in [0, 0.1) is 5.82 Å². The zero-order chi connectivity index (χ0) is 23.7. The highest BCUT2D eigenvalue weighted by Crippen LogP contribution is 2.33. The molecule has 0 saturated carbocycles. The van der Waals surface area contributed by atoms with Gasteiger partial charge in [0, 0.05) is 48.6 Å². The number of aryl methyl sites for hydroxylation is 1. The fourth-order valence-electron chi connectivity index (χ4n) is 5.11. The van der Waals surface area contributed by atoms with Crippen LogP contribution >= 0.6 is 0 Å². The smallest absolute Gasteiger partial charge is 0.256 e. The van der Waals surface area contributed by atoms with E-state index in [0.717, 1.165) is 36.3 Å². The van der Waals surface area contributed by atoms with Gasteiger partial charge in [0.25, 0.3) is 5.91 Å². The number of nitrogens with zero attached hydrogens (tertiary/aromatic N) is 5. The van der Waals surface area contributed by atoms with Crippen molar-refractivity contribution in [3.05, 3.63) is 59.9 Å². The summed E-state index contributed by atoms with van der Waals surface area (Å²) in [5, 5.41) is 0. The van der Waals surface area contributed by atoms with Crippen LogP contribution in [0.2, 0.25) is 0 Å². The number of amides is 1. The summed E-state index contributed by atoms with van der Waals surface area (Å²) in [5.74, 6) is -0.357. The van der Waals surface area contributed by atoms with Crippen LogP contribution in [-0.2, 0) is 6.42 Å². The van der Waals surface area contributed by atoms with E-state index in [1.165, 1.54) is 25.2 Å². The minimum absolute atomic E-state index is 0.105. The van der Waals surface area contributed by atoms with Gasteiger partial charge in [-0.1, -0.05) is 19.4 Å². The first-order chi connectivity index (χ1) is 16.5. The molecule has 176 valence electrons. The van der Waals surface area contributed by atoms with Crippen molar-refractivity contribution in [3.63, 3.8) is 0 Å². The standard InChI is InChI=1S/C26H29FN6O/c1-2-22-24(18-7-9-23(28)29-14-18)25(31-16-30-22)17-6-8-20(21(27)13-17)26(34)33-12-11-32-10-4-3-5-19(32)15-33/h6-9,13-14,16,19H,2-5,10-12,15H2,1H3,(H2,28,29). The number of pyridine rings is 1. The molecular weight excluding hydrogens is 431 g/mol. The van der Waals surface area contributed by atoms with Crippen LogP contribution in [-0.4, -0.2) is 62.9 Å². The number of anilines is 1. The summed E-state index contributed by atoms with van der Waals surface area (Å²) in [6.45, 7) is 5.27. The van der Waals surface area contributed by atoms with Crippen molar-refractivity contribution in [1.29, 1.82) is 0 Å². The van der Waals surface area contributed by atoms with E-state index in [0.29, 0.717) is 42.6 Å². The Balaban J connectivity index is 1.45. The molecule has 2 saturated heterocycles. The molecule has 2 fully saturated rings. The molecule has 8 heteroatoms. The van der Waals surface area contributed by atoms with E-state index in [9.17, 15) is 4.79 Å². The molecule has 2 aliphatic heterocycles. The molecule has 1 atom stereocenters. The van der Waals surface area contributed by atoms with Gasteiger partial charge in [-0.2, -0.15) is 0 Å². The monoisotopic (exact) mass is 460 g/mol. The lowest BCUT2D eigenvalue weighted by molar-refractivity contribution is 0.0369. The molecule has 1 amide bonds. The summed E-state index contributed by atoms with van der Waals surface area (Å²) < 4.78 is 15.3. The van der Waals surface area contributed by atoms with Gasteiger partial charge in [-0.3, -0.25) is 9.69 Å². The second kappa shape index (κ2) is 9.46. The van der Waals surface area contributed by atoms with Crippen molar-refractivity contribution in [2.24, 2.45) is 0 Å². The molecule has 5 rings (SSSR count). The summed E-state index contributed by atoms with van der Waals surface area (Å²) in [6.07, 6.45) is 7.36. The van der Waals surface area contributed by atoms with Gasteiger partial charge in [-0.05, 0) is 50.1 Å². The zero-order valence-electron chi connectivity index (χ0n) is 19.4. The molecule has 2 aromatic heterocycles. The Kier molecular flexibility index (Phi) is 6.24. The van der Waals surface area contributed by atoms with E-state index >= 15 is 4.39 Å². The number of piperidine rings is 1. The largest absolute Gasteiger partial charge is 0.384 e. The number of piperazine rings is 1. The van der Waals surface area contributed by atoms with Crippen molar-refractivity contribution < 1.29 is 9.18 Å². The molecule has 0 bridgehead atoms. The number of rotatable bonds is 4. The molecule has 34 heavy (non-hydrogen) atoms. The molecule has 2 aliphatic rings. The number of benzene rings is 1. The molecular formula is C26H29FN6O. The zero-order valence-corrected chi connectivity index (χ0v) is 19.4. The average Bonchev–Trinajstić information content (AvgIpc) is 2.88. The van der Waals surface area contributed by atoms with Gasteiger partial charge in [-0.15, -0.1) is 0 Å². The second-order valence-corrected chi connectivity index (χ2v) is 9.00. The van der Waals surface area contributed by atoms with Crippen LogP contribution in [0.4, 0.5) is 10.2 Å². The van der Waals surface area contributed by atoms with Crippen LogP contribution in [0.1, 0.15) is 42.2 Å². The quantitative estimate of drug-likeness (QED) is 0.637. The molecule has 0 aliphatic carbocycles. The van der Waals surface area contributed by atoms with E-state index in [-0.39, 0.29) is 11.5 Å². The summed E-state index contributed by atoms with van der Waals surface area (Å²) in [5.41, 5.74) is 9.50. The molecule has 2 N–H and O–H groups in total. The Morgan fingerprint density at radius 2 is 1.94 bits per heavy atom. The van der Waals surface area contributed by atoms with Gasteiger partial charge in [0.1, 0.15) is 18.0 Å². The maximum atomic E-state index is 15.3. The van der Waals surface area contributed by atoms with Crippen molar-refractivity contribution in [2.75, 3.05) is 31.9 Å². The number of aromatic nitrogens is 3. The van der Waals surface area contributed by atoms with Gasteiger partial charge in [0.2, 0.25) is 0 Å². The minimum atomic E-state index is -0.536. The predicted octanol–water partition coefficient (Wildman–Crippen LogP) is 3.80. The molecule has 0 radical (unpaired) electrons. The Labute approximate surface area is 198 Å². The van der Waals surface area contributed by atoms with Crippen LogP contribution in [0.3, 0.4) is 0 Å². The molecule has 1 aromatic carbocycles. The number of carbonyl (C=O) groups excluding carboxylic acids is 1. The van der Waals surface area contributed by atoms with Gasteiger partial charge < -0.3 is 10.6 Å². The van der Waals surface area contributed by atoms with Crippen molar-refractivity contribution in [1.82, 2.24) is 24.8 Å². The third-order valence-corrected chi connectivity index (χ3v) is 6.93. The molecule has 3 aromatic rings. The maximum Gasteiger partial charge on any atom is 0.256 e. The van der Waals surface area contributed by atoms with E-state index < -0.39 is 5.82 Å². The van der Waals surface area contributed by atoms with Gasteiger partial charge in [0.05, 0.1) is 17.0 Å². The fourth-order valence-corrected chi connectivity index (χ4v) is 5.11.